The average Bonchev–Trinajstić information content (AvgIpc) is 2.65. The number of nitrogens with zero attached hydrogens (tertiary/aromatic N) is 1. The van der Waals surface area contributed by atoms with Gasteiger partial charge in [-0.2, -0.15) is 0 Å². The molecule has 2 unspecified atom stereocenters. The Labute approximate surface area is 84.1 Å². The normalized spacial score (nSPS) is 35.6. The van der Waals surface area contributed by atoms with Gasteiger partial charge in [-0.3, -0.25) is 4.79 Å². The van der Waals surface area contributed by atoms with E-state index < -0.39 is 5.97 Å². The van der Waals surface area contributed by atoms with Gasteiger partial charge in [0.2, 0.25) is 0 Å². The van der Waals surface area contributed by atoms with Crippen LogP contribution in [0, 0.1) is 17.8 Å². The van der Waals surface area contributed by atoms with E-state index in [0.29, 0.717) is 11.8 Å². The molecule has 0 aromatic heterocycles. The van der Waals surface area contributed by atoms with Gasteiger partial charge in [0.25, 0.3) is 0 Å². The number of fused-ring (bicyclic) bond motifs is 1. The third-order valence-corrected chi connectivity index (χ3v) is 3.48. The summed E-state index contributed by atoms with van der Waals surface area (Å²) in [6, 6.07) is 0. The van der Waals surface area contributed by atoms with Crippen LogP contribution in [0.4, 0.5) is 0 Å². The SMILES string of the molecule is NCCCCN1CC2C(C1)C2C(=O)O. The number of rotatable bonds is 5. The monoisotopic (exact) mass is 198 g/mol. The highest BCUT2D eigenvalue weighted by Crippen LogP contribution is 2.51. The molecular weight excluding hydrogens is 180 g/mol. The van der Waals surface area contributed by atoms with Gasteiger partial charge in [0.15, 0.2) is 0 Å². The second-order valence-corrected chi connectivity index (χ2v) is 4.45. The lowest BCUT2D eigenvalue weighted by Gasteiger charge is -2.17. The Morgan fingerprint density at radius 2 is 2.00 bits per heavy atom. The van der Waals surface area contributed by atoms with Gasteiger partial charge in [-0.15, -0.1) is 0 Å². The summed E-state index contributed by atoms with van der Waals surface area (Å²) in [6.07, 6.45) is 2.22. The number of hydrogen-bond donors (Lipinski definition) is 2. The fourth-order valence-corrected chi connectivity index (χ4v) is 2.64. The van der Waals surface area contributed by atoms with Crippen molar-refractivity contribution in [3.8, 4) is 0 Å². The standard InChI is InChI=1S/C10H18N2O2/c11-3-1-2-4-12-5-7-8(6-12)9(7)10(13)14/h7-9H,1-6,11H2,(H,13,14). The van der Waals surface area contributed by atoms with E-state index in [-0.39, 0.29) is 5.92 Å². The number of carboxylic acid groups (broad SMARTS) is 1. The van der Waals surface area contributed by atoms with E-state index in [1.54, 1.807) is 0 Å². The number of hydrogen-bond acceptors (Lipinski definition) is 3. The van der Waals surface area contributed by atoms with Gasteiger partial charge < -0.3 is 15.7 Å². The van der Waals surface area contributed by atoms with Crippen LogP contribution >= 0.6 is 0 Å². The number of unbranched alkanes of at least 4 members (excludes halogenated alkanes) is 1. The van der Waals surface area contributed by atoms with Crippen LogP contribution < -0.4 is 5.73 Å². The lowest BCUT2D eigenvalue weighted by atomic mass is 10.2. The average molecular weight is 198 g/mol. The van der Waals surface area contributed by atoms with E-state index in [9.17, 15) is 4.79 Å². The molecule has 0 amide bonds. The fourth-order valence-electron chi connectivity index (χ4n) is 2.64. The summed E-state index contributed by atoms with van der Waals surface area (Å²) < 4.78 is 0. The molecule has 1 aliphatic carbocycles. The van der Waals surface area contributed by atoms with Crippen LogP contribution in [0.3, 0.4) is 0 Å². The highest BCUT2D eigenvalue weighted by molar-refractivity contribution is 5.74. The molecule has 2 aliphatic rings. The second kappa shape index (κ2) is 3.87. The van der Waals surface area contributed by atoms with Gasteiger partial charge >= 0.3 is 5.97 Å². The molecule has 80 valence electrons. The summed E-state index contributed by atoms with van der Waals surface area (Å²) in [5.74, 6) is 0.276. The van der Waals surface area contributed by atoms with Crippen LogP contribution in [0.2, 0.25) is 0 Å². The van der Waals surface area contributed by atoms with Crippen LogP contribution in [0.5, 0.6) is 0 Å². The summed E-state index contributed by atoms with van der Waals surface area (Å²) in [6.45, 7) is 3.84. The first kappa shape index (κ1) is 9.93. The van der Waals surface area contributed by atoms with Crippen molar-refractivity contribution in [1.82, 2.24) is 4.90 Å². The van der Waals surface area contributed by atoms with Gasteiger partial charge in [-0.05, 0) is 37.8 Å². The Morgan fingerprint density at radius 1 is 1.36 bits per heavy atom. The first-order valence-corrected chi connectivity index (χ1v) is 5.39. The molecule has 1 saturated carbocycles. The van der Waals surface area contributed by atoms with Crippen molar-refractivity contribution in [2.45, 2.75) is 12.8 Å². The number of piperidine rings is 1. The smallest absolute Gasteiger partial charge is 0.307 e. The summed E-state index contributed by atoms with van der Waals surface area (Å²) >= 11 is 0. The molecule has 1 aliphatic heterocycles. The Bertz CT molecular complexity index is 220. The van der Waals surface area contributed by atoms with Crippen LogP contribution in [0.25, 0.3) is 0 Å². The van der Waals surface area contributed by atoms with Crippen molar-refractivity contribution < 1.29 is 9.90 Å². The van der Waals surface area contributed by atoms with Gasteiger partial charge in [0.05, 0.1) is 5.92 Å². The summed E-state index contributed by atoms with van der Waals surface area (Å²) in [5.41, 5.74) is 5.41. The zero-order chi connectivity index (χ0) is 10.1. The van der Waals surface area contributed by atoms with Crippen molar-refractivity contribution in [2.24, 2.45) is 23.5 Å². The number of aliphatic carboxylic acids is 1. The first-order valence-electron chi connectivity index (χ1n) is 5.39. The molecule has 2 fully saturated rings. The molecule has 0 radical (unpaired) electrons. The number of likely N-dealkylation sites (tertiary alicyclic amines) is 1. The van der Waals surface area contributed by atoms with Crippen molar-refractivity contribution in [3.63, 3.8) is 0 Å². The number of nitrogens with two attached hydrogens (primary N) is 1. The van der Waals surface area contributed by atoms with Gasteiger partial charge in [-0.25, -0.2) is 0 Å². The van der Waals surface area contributed by atoms with Crippen LogP contribution in [-0.2, 0) is 4.79 Å². The molecular formula is C10H18N2O2. The zero-order valence-electron chi connectivity index (χ0n) is 8.35. The second-order valence-electron chi connectivity index (χ2n) is 4.45. The van der Waals surface area contributed by atoms with Crippen molar-refractivity contribution in [2.75, 3.05) is 26.2 Å². The molecule has 4 nitrogen and oxygen atoms in total. The predicted molar refractivity (Wildman–Crippen MR) is 52.8 cm³/mol. The van der Waals surface area contributed by atoms with E-state index in [0.717, 1.165) is 39.0 Å². The van der Waals surface area contributed by atoms with Gasteiger partial charge in [0, 0.05) is 13.1 Å². The first-order chi connectivity index (χ1) is 6.74. The lowest BCUT2D eigenvalue weighted by molar-refractivity contribution is -0.139. The summed E-state index contributed by atoms with van der Waals surface area (Å²) in [4.78, 5) is 13.1. The molecule has 1 saturated heterocycles. The van der Waals surface area contributed by atoms with Crippen LogP contribution in [-0.4, -0.2) is 42.2 Å². The minimum absolute atomic E-state index is 0.0271. The Hall–Kier alpha value is -0.610. The van der Waals surface area contributed by atoms with Gasteiger partial charge in [-0.1, -0.05) is 0 Å². The predicted octanol–water partition coefficient (Wildman–Crippen LogP) is -0.0123. The molecule has 2 rings (SSSR count). The molecule has 0 spiro atoms. The highest BCUT2D eigenvalue weighted by atomic mass is 16.4. The number of carboxylic acids is 1. The molecule has 1 heterocycles. The Balaban J connectivity index is 1.66. The van der Waals surface area contributed by atoms with Crippen molar-refractivity contribution in [3.05, 3.63) is 0 Å². The largest absolute Gasteiger partial charge is 0.481 e. The van der Waals surface area contributed by atoms with Crippen molar-refractivity contribution in [1.29, 1.82) is 0 Å². The minimum atomic E-state index is -0.596. The third-order valence-electron chi connectivity index (χ3n) is 3.48. The maximum absolute atomic E-state index is 10.7. The van der Waals surface area contributed by atoms with E-state index in [1.807, 2.05) is 0 Å². The third kappa shape index (κ3) is 1.77. The molecule has 4 heteroatoms. The van der Waals surface area contributed by atoms with Crippen molar-refractivity contribution >= 4 is 5.97 Å². The fraction of sp³-hybridized carbons (Fsp3) is 0.900. The number of carbonyl (C=O) groups is 1. The summed E-state index contributed by atoms with van der Waals surface area (Å²) in [5, 5.41) is 8.82. The maximum Gasteiger partial charge on any atom is 0.307 e. The molecule has 14 heavy (non-hydrogen) atoms. The van der Waals surface area contributed by atoms with E-state index in [1.165, 1.54) is 0 Å². The molecule has 2 atom stereocenters. The minimum Gasteiger partial charge on any atom is -0.481 e. The zero-order valence-corrected chi connectivity index (χ0v) is 8.35. The highest BCUT2D eigenvalue weighted by Gasteiger charge is 2.59. The van der Waals surface area contributed by atoms with Crippen LogP contribution in [0.1, 0.15) is 12.8 Å². The van der Waals surface area contributed by atoms with Crippen LogP contribution in [0.15, 0.2) is 0 Å². The topological polar surface area (TPSA) is 66.6 Å². The Kier molecular flexibility index (Phi) is 2.74. The van der Waals surface area contributed by atoms with E-state index in [4.69, 9.17) is 10.8 Å². The van der Waals surface area contributed by atoms with E-state index >= 15 is 0 Å². The lowest BCUT2D eigenvalue weighted by Crippen LogP contribution is -2.27. The molecule has 0 bridgehead atoms. The maximum atomic E-state index is 10.7. The molecule has 3 N–H and O–H groups in total. The Morgan fingerprint density at radius 3 is 2.50 bits per heavy atom. The molecule has 0 aromatic carbocycles. The molecule has 0 aromatic rings. The van der Waals surface area contributed by atoms with Gasteiger partial charge in [0.1, 0.15) is 0 Å². The quantitative estimate of drug-likeness (QED) is 0.610. The van der Waals surface area contributed by atoms with E-state index in [2.05, 4.69) is 4.90 Å². The summed E-state index contributed by atoms with van der Waals surface area (Å²) in [7, 11) is 0.